The smallest absolute Gasteiger partial charge is 0.254 e. The van der Waals surface area contributed by atoms with E-state index < -0.39 is 11.7 Å². The molecule has 1 aromatic carbocycles. The van der Waals surface area contributed by atoms with Crippen LogP contribution < -0.4 is 11.1 Å². The Balaban J connectivity index is 0.00000162. The summed E-state index contributed by atoms with van der Waals surface area (Å²) >= 11 is 5.62. The van der Waals surface area contributed by atoms with Crippen LogP contribution in [0.2, 0.25) is 5.02 Å². The number of hydrogen-bond acceptors (Lipinski definition) is 2. The van der Waals surface area contributed by atoms with Crippen molar-refractivity contribution in [3.05, 3.63) is 34.6 Å². The summed E-state index contributed by atoms with van der Waals surface area (Å²) in [5.74, 6) is -0.595. The van der Waals surface area contributed by atoms with E-state index in [1.54, 1.807) is 0 Å². The van der Waals surface area contributed by atoms with Crippen LogP contribution in [0.25, 0.3) is 0 Å². The Kier molecular flexibility index (Phi) is 5.38. The minimum Gasteiger partial charge on any atom is -0.348 e. The van der Waals surface area contributed by atoms with Crippen LogP contribution >= 0.6 is 24.0 Å². The average molecular weight is 293 g/mol. The zero-order valence-electron chi connectivity index (χ0n) is 9.66. The molecular weight excluding hydrogens is 278 g/mol. The Morgan fingerprint density at radius 2 is 2.22 bits per heavy atom. The molecule has 0 aliphatic heterocycles. The van der Waals surface area contributed by atoms with Gasteiger partial charge in [-0.3, -0.25) is 4.79 Å². The van der Waals surface area contributed by atoms with E-state index in [0.717, 1.165) is 18.9 Å². The molecule has 6 heteroatoms. The first kappa shape index (κ1) is 15.2. The van der Waals surface area contributed by atoms with Crippen molar-refractivity contribution in [1.82, 2.24) is 5.32 Å². The normalized spacial score (nSPS) is 15.7. The number of benzene rings is 1. The Bertz CT molecular complexity index is 438. The third-order valence-corrected chi connectivity index (χ3v) is 3.17. The van der Waals surface area contributed by atoms with Crippen molar-refractivity contribution in [2.24, 2.45) is 11.7 Å². The van der Waals surface area contributed by atoms with E-state index in [-0.39, 0.29) is 29.0 Å². The molecule has 1 unspecified atom stereocenters. The molecule has 1 aliphatic rings. The summed E-state index contributed by atoms with van der Waals surface area (Å²) in [5, 5.41) is 3.03. The SMILES string of the molecule is Cl.NCC(NC(=O)c1ccc(Cl)cc1F)C1CC1. The lowest BCUT2D eigenvalue weighted by atomic mass is 10.1. The van der Waals surface area contributed by atoms with Gasteiger partial charge in [0.1, 0.15) is 5.82 Å². The topological polar surface area (TPSA) is 55.1 Å². The van der Waals surface area contributed by atoms with Crippen LogP contribution in [-0.2, 0) is 0 Å². The van der Waals surface area contributed by atoms with E-state index in [9.17, 15) is 9.18 Å². The van der Waals surface area contributed by atoms with Crippen molar-refractivity contribution < 1.29 is 9.18 Å². The fraction of sp³-hybridized carbons (Fsp3) is 0.417. The van der Waals surface area contributed by atoms with E-state index in [0.29, 0.717) is 12.5 Å². The predicted octanol–water partition coefficient (Wildman–Crippen LogP) is 2.37. The van der Waals surface area contributed by atoms with Crippen LogP contribution in [-0.4, -0.2) is 18.5 Å². The van der Waals surface area contributed by atoms with Gasteiger partial charge in [-0.1, -0.05) is 11.6 Å². The maximum Gasteiger partial charge on any atom is 0.254 e. The molecule has 0 radical (unpaired) electrons. The molecule has 1 amide bonds. The van der Waals surface area contributed by atoms with Gasteiger partial charge in [0.15, 0.2) is 0 Å². The lowest BCUT2D eigenvalue weighted by molar-refractivity contribution is 0.0929. The lowest BCUT2D eigenvalue weighted by Gasteiger charge is -2.16. The van der Waals surface area contributed by atoms with Gasteiger partial charge in [-0.25, -0.2) is 4.39 Å². The largest absolute Gasteiger partial charge is 0.348 e. The van der Waals surface area contributed by atoms with Crippen LogP contribution in [0, 0.1) is 11.7 Å². The summed E-state index contributed by atoms with van der Waals surface area (Å²) < 4.78 is 13.5. The Hall–Kier alpha value is -0.840. The summed E-state index contributed by atoms with van der Waals surface area (Å²) in [6.45, 7) is 0.381. The van der Waals surface area contributed by atoms with Gasteiger partial charge >= 0.3 is 0 Å². The first-order valence-corrected chi connectivity index (χ1v) is 5.95. The monoisotopic (exact) mass is 292 g/mol. The van der Waals surface area contributed by atoms with Gasteiger partial charge in [0.05, 0.1) is 5.56 Å². The molecule has 0 bridgehead atoms. The van der Waals surface area contributed by atoms with Gasteiger partial charge in [-0.2, -0.15) is 0 Å². The van der Waals surface area contributed by atoms with Gasteiger partial charge < -0.3 is 11.1 Å². The Morgan fingerprint density at radius 3 is 2.72 bits per heavy atom. The minimum atomic E-state index is -0.610. The lowest BCUT2D eigenvalue weighted by Crippen LogP contribution is -2.42. The number of hydrogen-bond donors (Lipinski definition) is 2. The van der Waals surface area contributed by atoms with Gasteiger partial charge in [-0.15, -0.1) is 12.4 Å². The van der Waals surface area contributed by atoms with Gasteiger partial charge in [0.25, 0.3) is 5.91 Å². The molecule has 3 nitrogen and oxygen atoms in total. The molecule has 1 fully saturated rings. The summed E-state index contributed by atoms with van der Waals surface area (Å²) in [6.07, 6.45) is 2.15. The number of carbonyl (C=O) groups is 1. The molecule has 3 N–H and O–H groups in total. The quantitative estimate of drug-likeness (QED) is 0.895. The van der Waals surface area contributed by atoms with Crippen LogP contribution in [0.4, 0.5) is 4.39 Å². The van der Waals surface area contributed by atoms with Crippen molar-refractivity contribution in [2.75, 3.05) is 6.54 Å². The van der Waals surface area contributed by atoms with Crippen LogP contribution in [0.5, 0.6) is 0 Å². The summed E-state index contributed by atoms with van der Waals surface area (Å²) in [4.78, 5) is 11.8. The van der Waals surface area contributed by atoms with Crippen molar-refractivity contribution in [1.29, 1.82) is 0 Å². The number of nitrogens with two attached hydrogens (primary N) is 1. The Morgan fingerprint density at radius 1 is 1.56 bits per heavy atom. The number of nitrogens with one attached hydrogen (secondary N) is 1. The van der Waals surface area contributed by atoms with E-state index in [1.165, 1.54) is 12.1 Å². The summed E-state index contributed by atoms with van der Waals surface area (Å²) in [5.41, 5.74) is 5.58. The highest BCUT2D eigenvalue weighted by Gasteiger charge is 2.31. The van der Waals surface area contributed by atoms with Crippen molar-refractivity contribution in [2.45, 2.75) is 18.9 Å². The van der Waals surface area contributed by atoms with Crippen molar-refractivity contribution in [3.8, 4) is 0 Å². The second kappa shape index (κ2) is 6.36. The third-order valence-electron chi connectivity index (χ3n) is 2.94. The average Bonchev–Trinajstić information content (AvgIpc) is 3.09. The number of rotatable bonds is 4. The molecular formula is C12H15Cl2FN2O. The van der Waals surface area contributed by atoms with Gasteiger partial charge in [-0.05, 0) is 37.0 Å². The van der Waals surface area contributed by atoms with Gasteiger partial charge in [0, 0.05) is 17.6 Å². The van der Waals surface area contributed by atoms with Crippen LogP contribution in [0.1, 0.15) is 23.2 Å². The highest BCUT2D eigenvalue weighted by molar-refractivity contribution is 6.30. The molecule has 0 aromatic heterocycles. The first-order valence-electron chi connectivity index (χ1n) is 5.58. The molecule has 1 atom stereocenters. The number of carbonyl (C=O) groups excluding carboxylic acids is 1. The van der Waals surface area contributed by atoms with E-state index in [4.69, 9.17) is 17.3 Å². The van der Waals surface area contributed by atoms with Crippen molar-refractivity contribution in [3.63, 3.8) is 0 Å². The number of amides is 1. The molecule has 1 aliphatic carbocycles. The van der Waals surface area contributed by atoms with E-state index in [1.807, 2.05) is 0 Å². The molecule has 2 rings (SSSR count). The maximum atomic E-state index is 13.5. The van der Waals surface area contributed by atoms with Crippen LogP contribution in [0.15, 0.2) is 18.2 Å². The number of halogens is 3. The highest BCUT2D eigenvalue weighted by atomic mass is 35.5. The minimum absolute atomic E-state index is 0. The third kappa shape index (κ3) is 3.57. The molecule has 1 aromatic rings. The molecule has 0 heterocycles. The van der Waals surface area contributed by atoms with Crippen molar-refractivity contribution >= 4 is 29.9 Å². The van der Waals surface area contributed by atoms with Crippen LogP contribution in [0.3, 0.4) is 0 Å². The zero-order valence-corrected chi connectivity index (χ0v) is 11.2. The first-order chi connectivity index (χ1) is 8.11. The standard InChI is InChI=1S/C12H14ClFN2O.ClH/c13-8-3-4-9(10(14)5-8)12(17)16-11(6-15)7-1-2-7;/h3-5,7,11H,1-2,6,15H2,(H,16,17);1H. The summed E-state index contributed by atoms with van der Waals surface area (Å²) in [6, 6.07) is 3.95. The van der Waals surface area contributed by atoms with E-state index in [2.05, 4.69) is 5.32 Å². The summed E-state index contributed by atoms with van der Waals surface area (Å²) in [7, 11) is 0. The van der Waals surface area contributed by atoms with E-state index >= 15 is 0 Å². The molecule has 0 spiro atoms. The molecule has 18 heavy (non-hydrogen) atoms. The fourth-order valence-electron chi connectivity index (χ4n) is 1.79. The Labute approximate surface area is 116 Å². The fourth-order valence-corrected chi connectivity index (χ4v) is 1.95. The van der Waals surface area contributed by atoms with Gasteiger partial charge in [0.2, 0.25) is 0 Å². The second-order valence-corrected chi connectivity index (χ2v) is 4.71. The maximum absolute atomic E-state index is 13.5. The predicted molar refractivity (Wildman–Crippen MR) is 71.7 cm³/mol. The highest BCUT2D eigenvalue weighted by Crippen LogP contribution is 2.32. The molecule has 0 saturated heterocycles. The molecule has 1 saturated carbocycles. The zero-order chi connectivity index (χ0) is 12.4. The molecule has 100 valence electrons. The second-order valence-electron chi connectivity index (χ2n) is 4.28.